The van der Waals surface area contributed by atoms with Gasteiger partial charge in [-0.15, -0.1) is 0 Å². The maximum absolute atomic E-state index is 11.6. The van der Waals surface area contributed by atoms with Gasteiger partial charge in [-0.1, -0.05) is 13.3 Å². The highest BCUT2D eigenvalue weighted by Gasteiger charge is 2.22. The molecule has 1 saturated heterocycles. The van der Waals surface area contributed by atoms with Gasteiger partial charge < -0.3 is 4.74 Å². The molecule has 21 heavy (non-hydrogen) atoms. The normalized spacial score (nSPS) is 19.5. The lowest BCUT2D eigenvalue weighted by Gasteiger charge is -2.35. The predicted molar refractivity (Wildman–Crippen MR) is 86.0 cm³/mol. The molecule has 0 aromatic heterocycles. The Morgan fingerprint density at radius 3 is 2.81 bits per heavy atom. The second kappa shape index (κ2) is 7.60. The number of benzene rings is 1. The van der Waals surface area contributed by atoms with Crippen molar-refractivity contribution in [1.29, 1.82) is 0 Å². The minimum atomic E-state index is 0.116. The maximum atomic E-state index is 11.6. The molecule has 1 aromatic rings. The van der Waals surface area contributed by atoms with Crippen molar-refractivity contribution < 1.29 is 9.53 Å². The van der Waals surface area contributed by atoms with E-state index in [2.05, 4.69) is 11.8 Å². The van der Waals surface area contributed by atoms with E-state index in [0.29, 0.717) is 12.6 Å². The van der Waals surface area contributed by atoms with E-state index in [-0.39, 0.29) is 5.78 Å². The molecule has 1 aromatic carbocycles. The van der Waals surface area contributed by atoms with Gasteiger partial charge in [-0.2, -0.15) is 0 Å². The molecule has 0 bridgehead atoms. The summed E-state index contributed by atoms with van der Waals surface area (Å²) in [6.07, 6.45) is 5.08. The highest BCUT2D eigenvalue weighted by molar-refractivity contribution is 5.94. The molecule has 0 amide bonds. The molecule has 1 heterocycles. The van der Waals surface area contributed by atoms with Crippen LogP contribution in [-0.2, 0) is 6.54 Å². The van der Waals surface area contributed by atoms with E-state index in [9.17, 15) is 4.79 Å². The summed E-state index contributed by atoms with van der Waals surface area (Å²) >= 11 is 0. The number of ether oxygens (including phenoxy) is 1. The molecule has 1 unspecified atom stereocenters. The van der Waals surface area contributed by atoms with Crippen LogP contribution < -0.4 is 4.74 Å². The fourth-order valence-corrected chi connectivity index (χ4v) is 3.17. The first kappa shape index (κ1) is 16.0. The van der Waals surface area contributed by atoms with Crippen molar-refractivity contribution in [2.24, 2.45) is 0 Å². The molecule has 1 aliphatic rings. The van der Waals surface area contributed by atoms with E-state index in [1.54, 1.807) is 6.92 Å². The van der Waals surface area contributed by atoms with Gasteiger partial charge in [0.05, 0.1) is 6.61 Å². The second-order valence-corrected chi connectivity index (χ2v) is 5.84. The quantitative estimate of drug-likeness (QED) is 0.740. The van der Waals surface area contributed by atoms with E-state index < -0.39 is 0 Å². The zero-order valence-electron chi connectivity index (χ0n) is 13.5. The third-order valence-corrected chi connectivity index (χ3v) is 4.36. The third-order valence-electron chi connectivity index (χ3n) is 4.36. The molecule has 0 aliphatic carbocycles. The standard InChI is InChI=1S/C18H27NO2/c1-4-17-8-6-7-11-19(17)13-16-12-15(14(3)20)9-10-18(16)21-5-2/h9-10,12,17H,4-8,11,13H2,1-3H3. The fraction of sp³-hybridized carbons (Fsp3) is 0.611. The maximum Gasteiger partial charge on any atom is 0.159 e. The van der Waals surface area contributed by atoms with Crippen LogP contribution in [0.4, 0.5) is 0 Å². The Kier molecular flexibility index (Phi) is 5.80. The van der Waals surface area contributed by atoms with Gasteiger partial charge in [0.15, 0.2) is 5.78 Å². The summed E-state index contributed by atoms with van der Waals surface area (Å²) in [5, 5.41) is 0. The van der Waals surface area contributed by atoms with Crippen molar-refractivity contribution in [2.75, 3.05) is 13.2 Å². The van der Waals surface area contributed by atoms with Crippen molar-refractivity contribution in [3.05, 3.63) is 29.3 Å². The van der Waals surface area contributed by atoms with E-state index in [4.69, 9.17) is 4.74 Å². The first-order valence-electron chi connectivity index (χ1n) is 8.16. The Bertz CT molecular complexity index is 484. The van der Waals surface area contributed by atoms with Crippen LogP contribution in [0.5, 0.6) is 5.75 Å². The van der Waals surface area contributed by atoms with Crippen molar-refractivity contribution in [2.45, 2.75) is 59.0 Å². The van der Waals surface area contributed by atoms with Gasteiger partial charge in [-0.3, -0.25) is 9.69 Å². The van der Waals surface area contributed by atoms with Crippen LogP contribution in [-0.4, -0.2) is 29.9 Å². The number of ketones is 1. The minimum absolute atomic E-state index is 0.116. The van der Waals surface area contributed by atoms with Crippen LogP contribution >= 0.6 is 0 Å². The number of Topliss-reactive ketones (excluding diaryl/α,β-unsaturated/α-hetero) is 1. The molecule has 0 radical (unpaired) electrons. The molecule has 0 spiro atoms. The van der Waals surface area contributed by atoms with Gasteiger partial charge in [0.2, 0.25) is 0 Å². The number of carbonyl (C=O) groups excluding carboxylic acids is 1. The average molecular weight is 289 g/mol. The predicted octanol–water partition coefficient (Wildman–Crippen LogP) is 4.05. The highest BCUT2D eigenvalue weighted by Crippen LogP contribution is 2.27. The third kappa shape index (κ3) is 4.07. The molecule has 116 valence electrons. The summed E-state index contributed by atoms with van der Waals surface area (Å²) in [5.74, 6) is 1.04. The summed E-state index contributed by atoms with van der Waals surface area (Å²) in [7, 11) is 0. The number of hydrogen-bond donors (Lipinski definition) is 0. The lowest BCUT2D eigenvalue weighted by Crippen LogP contribution is -2.38. The van der Waals surface area contributed by atoms with Gasteiger partial charge in [0.25, 0.3) is 0 Å². The van der Waals surface area contributed by atoms with Gasteiger partial charge in [0.1, 0.15) is 5.75 Å². The molecule has 1 aliphatic heterocycles. The number of piperidine rings is 1. The molecular formula is C18H27NO2. The van der Waals surface area contributed by atoms with Crippen LogP contribution in [0, 0.1) is 0 Å². The number of hydrogen-bond acceptors (Lipinski definition) is 3. The van der Waals surface area contributed by atoms with Crippen LogP contribution in [0.1, 0.15) is 62.4 Å². The summed E-state index contributed by atoms with van der Waals surface area (Å²) < 4.78 is 5.74. The zero-order chi connectivity index (χ0) is 15.2. The summed E-state index contributed by atoms with van der Waals surface area (Å²) in [6.45, 7) is 8.57. The van der Waals surface area contributed by atoms with Gasteiger partial charge in [0, 0.05) is 23.7 Å². The van der Waals surface area contributed by atoms with E-state index in [0.717, 1.165) is 30.0 Å². The van der Waals surface area contributed by atoms with Gasteiger partial charge in [-0.25, -0.2) is 0 Å². The number of nitrogens with zero attached hydrogens (tertiary/aromatic N) is 1. The Morgan fingerprint density at radius 2 is 2.14 bits per heavy atom. The summed E-state index contributed by atoms with van der Waals surface area (Å²) in [5.41, 5.74) is 1.92. The largest absolute Gasteiger partial charge is 0.494 e. The first-order valence-corrected chi connectivity index (χ1v) is 8.16. The molecule has 2 rings (SSSR count). The van der Waals surface area contributed by atoms with E-state index in [1.807, 2.05) is 25.1 Å². The molecule has 1 fully saturated rings. The molecule has 0 saturated carbocycles. The fourth-order valence-electron chi connectivity index (χ4n) is 3.17. The minimum Gasteiger partial charge on any atom is -0.494 e. The van der Waals surface area contributed by atoms with Crippen LogP contribution in [0.15, 0.2) is 18.2 Å². The summed E-state index contributed by atoms with van der Waals surface area (Å²) in [6, 6.07) is 6.48. The van der Waals surface area contributed by atoms with Crippen molar-refractivity contribution in [3.8, 4) is 5.75 Å². The van der Waals surface area contributed by atoms with E-state index >= 15 is 0 Å². The Balaban J connectivity index is 2.22. The second-order valence-electron chi connectivity index (χ2n) is 5.84. The molecule has 3 heteroatoms. The Morgan fingerprint density at radius 1 is 1.33 bits per heavy atom. The molecule has 3 nitrogen and oxygen atoms in total. The van der Waals surface area contributed by atoms with Crippen LogP contribution in [0.3, 0.4) is 0 Å². The summed E-state index contributed by atoms with van der Waals surface area (Å²) in [4.78, 5) is 14.2. The van der Waals surface area contributed by atoms with Crippen molar-refractivity contribution in [1.82, 2.24) is 4.90 Å². The number of rotatable bonds is 6. The average Bonchev–Trinajstić information content (AvgIpc) is 2.49. The number of likely N-dealkylation sites (tertiary alicyclic amines) is 1. The van der Waals surface area contributed by atoms with Crippen molar-refractivity contribution >= 4 is 5.78 Å². The van der Waals surface area contributed by atoms with E-state index in [1.165, 1.54) is 25.7 Å². The SMILES string of the molecule is CCOc1ccc(C(C)=O)cc1CN1CCCCC1CC. The molecule has 0 N–H and O–H groups in total. The Hall–Kier alpha value is -1.35. The smallest absolute Gasteiger partial charge is 0.159 e. The van der Waals surface area contributed by atoms with Gasteiger partial charge in [-0.05, 0) is 57.9 Å². The zero-order valence-corrected chi connectivity index (χ0v) is 13.5. The van der Waals surface area contributed by atoms with Crippen molar-refractivity contribution in [3.63, 3.8) is 0 Å². The lowest BCUT2D eigenvalue weighted by atomic mass is 9.98. The van der Waals surface area contributed by atoms with Gasteiger partial charge >= 0.3 is 0 Å². The lowest BCUT2D eigenvalue weighted by molar-refractivity contribution is 0.101. The monoisotopic (exact) mass is 289 g/mol. The highest BCUT2D eigenvalue weighted by atomic mass is 16.5. The number of carbonyl (C=O) groups is 1. The molecule has 1 atom stereocenters. The topological polar surface area (TPSA) is 29.5 Å². The Labute approximate surface area is 128 Å². The van der Waals surface area contributed by atoms with Crippen LogP contribution in [0.25, 0.3) is 0 Å². The molecular weight excluding hydrogens is 262 g/mol. The first-order chi connectivity index (χ1) is 10.2. The van der Waals surface area contributed by atoms with Crippen LogP contribution in [0.2, 0.25) is 0 Å².